The fourth-order valence-electron chi connectivity index (χ4n) is 2.57. The van der Waals surface area contributed by atoms with Crippen molar-refractivity contribution in [1.82, 2.24) is 10.6 Å². The van der Waals surface area contributed by atoms with Crippen molar-refractivity contribution in [1.29, 1.82) is 0 Å². The number of alkyl carbamates (subject to hydrolysis) is 1. The zero-order valence-corrected chi connectivity index (χ0v) is 21.2. The van der Waals surface area contributed by atoms with Gasteiger partial charge in [0.25, 0.3) is 0 Å². The van der Waals surface area contributed by atoms with Gasteiger partial charge in [0.15, 0.2) is 0 Å². The fourth-order valence-corrected chi connectivity index (χ4v) is 2.78. The van der Waals surface area contributed by atoms with E-state index in [0.717, 1.165) is 11.1 Å². The number of carbonyl (C=O) groups is 2. The van der Waals surface area contributed by atoms with Crippen molar-refractivity contribution in [3.8, 4) is 5.75 Å². The Bertz CT molecular complexity index is 1010. The smallest absolute Gasteiger partial charge is 0.437 e. The lowest BCUT2D eigenvalue weighted by atomic mass is 10.2. The number of nitrogens with one attached hydrogen (secondary N) is 2. The highest BCUT2D eigenvalue weighted by Gasteiger charge is 2.20. The first kappa shape index (κ1) is 27.0. The van der Waals surface area contributed by atoms with E-state index in [-0.39, 0.29) is 12.5 Å². The lowest BCUT2D eigenvalue weighted by Crippen LogP contribution is -2.44. The molecule has 9 heteroatoms. The highest BCUT2D eigenvalue weighted by molar-refractivity contribution is 6.30. The van der Waals surface area contributed by atoms with Crippen LogP contribution in [0.4, 0.5) is 9.59 Å². The number of guanidine groups is 1. The average molecular weight is 490 g/mol. The molecular formula is C25H32ClN3O5. The van der Waals surface area contributed by atoms with Gasteiger partial charge in [-0.05, 0) is 76.9 Å². The predicted octanol–water partition coefficient (Wildman–Crippen LogP) is 5.82. The molecule has 2 rings (SSSR count). The summed E-state index contributed by atoms with van der Waals surface area (Å²) in [5, 5.41) is 6.05. The Hall–Kier alpha value is -3.26. The Balaban J connectivity index is 2.00. The van der Waals surface area contributed by atoms with Gasteiger partial charge in [-0.3, -0.25) is 5.32 Å². The minimum Gasteiger partial charge on any atom is -0.489 e. The Morgan fingerprint density at radius 3 is 2.15 bits per heavy atom. The maximum absolute atomic E-state index is 12.2. The summed E-state index contributed by atoms with van der Waals surface area (Å²) in [5.41, 5.74) is 0.410. The van der Waals surface area contributed by atoms with Gasteiger partial charge in [-0.2, -0.15) is 0 Å². The van der Waals surface area contributed by atoms with E-state index >= 15 is 0 Å². The average Bonchev–Trinajstić information content (AvgIpc) is 2.68. The lowest BCUT2D eigenvalue weighted by molar-refractivity contribution is 0.0560. The van der Waals surface area contributed by atoms with Crippen molar-refractivity contribution >= 4 is 29.7 Å². The molecule has 34 heavy (non-hydrogen) atoms. The number of nitrogens with zero attached hydrogens (tertiary/aromatic N) is 1. The van der Waals surface area contributed by atoms with Crippen LogP contribution >= 0.6 is 11.6 Å². The normalized spacial score (nSPS) is 12.0. The van der Waals surface area contributed by atoms with Crippen LogP contribution < -0.4 is 15.4 Å². The number of ether oxygens (including phenoxy) is 3. The van der Waals surface area contributed by atoms with E-state index in [1.54, 1.807) is 41.5 Å². The topological polar surface area (TPSA) is 98.3 Å². The number of hydrogen-bond acceptors (Lipinski definition) is 5. The third-order valence-electron chi connectivity index (χ3n) is 3.89. The molecule has 0 aliphatic rings. The summed E-state index contributed by atoms with van der Waals surface area (Å²) in [6.07, 6.45) is -1.58. The molecule has 2 aromatic rings. The zero-order valence-electron chi connectivity index (χ0n) is 20.4. The number of rotatable bonds is 5. The van der Waals surface area contributed by atoms with Crippen LogP contribution in [0.1, 0.15) is 52.7 Å². The number of amides is 2. The van der Waals surface area contributed by atoms with Crippen molar-refractivity contribution in [2.24, 2.45) is 4.99 Å². The molecule has 0 unspecified atom stereocenters. The number of hydrogen-bond donors (Lipinski definition) is 2. The second kappa shape index (κ2) is 11.7. The molecule has 8 nitrogen and oxygen atoms in total. The van der Waals surface area contributed by atoms with Gasteiger partial charge in [0, 0.05) is 11.6 Å². The Labute approximate surface area is 205 Å². The largest absolute Gasteiger partial charge is 0.489 e. The zero-order chi connectivity index (χ0) is 25.4. The molecule has 0 aromatic heterocycles. The second-order valence-corrected chi connectivity index (χ2v) is 9.92. The van der Waals surface area contributed by atoms with E-state index in [1.165, 1.54) is 0 Å². The fraction of sp³-hybridized carbons (Fsp3) is 0.400. The first-order valence-corrected chi connectivity index (χ1v) is 11.2. The van der Waals surface area contributed by atoms with Gasteiger partial charge in [0.1, 0.15) is 23.6 Å². The molecule has 2 amide bonds. The quantitative estimate of drug-likeness (QED) is 0.405. The van der Waals surface area contributed by atoms with Crippen LogP contribution in [0, 0.1) is 0 Å². The van der Waals surface area contributed by atoms with Gasteiger partial charge < -0.3 is 19.5 Å². The molecule has 2 aromatic carbocycles. The van der Waals surface area contributed by atoms with E-state index in [9.17, 15) is 9.59 Å². The monoisotopic (exact) mass is 489 g/mol. The molecule has 0 saturated heterocycles. The summed E-state index contributed by atoms with van der Waals surface area (Å²) in [4.78, 5) is 28.1. The van der Waals surface area contributed by atoms with Crippen LogP contribution in [0.5, 0.6) is 5.75 Å². The van der Waals surface area contributed by atoms with Crippen molar-refractivity contribution in [3.05, 3.63) is 64.7 Å². The van der Waals surface area contributed by atoms with Crippen LogP contribution in [0.25, 0.3) is 0 Å². The van der Waals surface area contributed by atoms with Gasteiger partial charge in [-0.1, -0.05) is 35.9 Å². The minimum atomic E-state index is -0.837. The maximum Gasteiger partial charge on any atom is 0.437 e. The minimum absolute atomic E-state index is 0.0789. The number of halogens is 1. The molecule has 0 spiro atoms. The highest BCUT2D eigenvalue weighted by atomic mass is 35.5. The number of carbonyl (C=O) groups excluding carboxylic acids is 2. The maximum atomic E-state index is 12.2. The SMILES string of the molecule is CC(C)(C)OC(=O)N=C(NCc1ccc(OCc2cccc(Cl)c2)cc1)NC(=O)OC(C)(C)C. The predicted molar refractivity (Wildman–Crippen MR) is 132 cm³/mol. The Morgan fingerprint density at radius 1 is 0.912 bits per heavy atom. The molecule has 0 aliphatic heterocycles. The second-order valence-electron chi connectivity index (χ2n) is 9.48. The molecule has 0 bridgehead atoms. The summed E-state index contributed by atoms with van der Waals surface area (Å²) >= 11 is 6.00. The van der Waals surface area contributed by atoms with E-state index in [2.05, 4.69) is 15.6 Å². The third-order valence-corrected chi connectivity index (χ3v) is 4.13. The molecule has 2 N–H and O–H groups in total. The van der Waals surface area contributed by atoms with E-state index in [0.29, 0.717) is 17.4 Å². The first-order valence-electron chi connectivity index (χ1n) is 10.8. The van der Waals surface area contributed by atoms with E-state index in [1.807, 2.05) is 48.5 Å². The van der Waals surface area contributed by atoms with Gasteiger partial charge in [-0.25, -0.2) is 9.59 Å². The van der Waals surface area contributed by atoms with Crippen LogP contribution in [-0.4, -0.2) is 29.3 Å². The third kappa shape index (κ3) is 11.0. The molecule has 0 heterocycles. The molecular weight excluding hydrogens is 458 g/mol. The standard InChI is InChI=1S/C25H32ClN3O5/c1-24(2,3)33-22(30)28-21(29-23(31)34-25(4,5)6)27-15-17-10-12-20(13-11-17)32-16-18-8-7-9-19(26)14-18/h7-14H,15-16H2,1-6H3,(H2,27,28,29,30,31). The summed E-state index contributed by atoms with van der Waals surface area (Å²) < 4.78 is 16.2. The molecule has 0 fully saturated rings. The molecule has 184 valence electrons. The Morgan fingerprint density at radius 2 is 1.56 bits per heavy atom. The van der Waals surface area contributed by atoms with Crippen LogP contribution in [0.15, 0.2) is 53.5 Å². The van der Waals surface area contributed by atoms with Crippen LogP contribution in [-0.2, 0) is 22.6 Å². The summed E-state index contributed by atoms with van der Waals surface area (Å²) in [5.74, 6) is 0.614. The summed E-state index contributed by atoms with van der Waals surface area (Å²) in [6.45, 7) is 11.1. The first-order chi connectivity index (χ1) is 15.8. The Kier molecular flexibility index (Phi) is 9.32. The van der Waals surface area contributed by atoms with Gasteiger partial charge in [0.2, 0.25) is 5.96 Å². The van der Waals surface area contributed by atoms with Crippen molar-refractivity contribution in [3.63, 3.8) is 0 Å². The molecule has 0 atom stereocenters. The van der Waals surface area contributed by atoms with Crippen molar-refractivity contribution in [2.75, 3.05) is 0 Å². The number of benzene rings is 2. The van der Waals surface area contributed by atoms with Crippen molar-refractivity contribution in [2.45, 2.75) is 65.9 Å². The van der Waals surface area contributed by atoms with Crippen LogP contribution in [0.2, 0.25) is 5.02 Å². The van der Waals surface area contributed by atoms with Gasteiger partial charge in [-0.15, -0.1) is 4.99 Å². The molecule has 0 aliphatic carbocycles. The van der Waals surface area contributed by atoms with Crippen LogP contribution in [0.3, 0.4) is 0 Å². The van der Waals surface area contributed by atoms with E-state index in [4.69, 9.17) is 25.8 Å². The summed E-state index contributed by atoms with van der Waals surface area (Å²) in [7, 11) is 0. The lowest BCUT2D eigenvalue weighted by Gasteiger charge is -2.21. The summed E-state index contributed by atoms with van der Waals surface area (Å²) in [6, 6.07) is 14.8. The van der Waals surface area contributed by atoms with E-state index < -0.39 is 23.4 Å². The number of aliphatic imine (C=N–C) groups is 1. The van der Waals surface area contributed by atoms with Crippen molar-refractivity contribution < 1.29 is 23.8 Å². The van der Waals surface area contributed by atoms with Gasteiger partial charge >= 0.3 is 12.2 Å². The molecule has 0 radical (unpaired) electrons. The highest BCUT2D eigenvalue weighted by Crippen LogP contribution is 2.16. The molecule has 0 saturated carbocycles. The van der Waals surface area contributed by atoms with Gasteiger partial charge in [0.05, 0.1) is 0 Å².